The van der Waals surface area contributed by atoms with Crippen LogP contribution in [0.25, 0.3) is 11.2 Å². The van der Waals surface area contributed by atoms with Gasteiger partial charge in [-0.1, -0.05) is 53.1 Å². The molecule has 0 N–H and O–H groups in total. The number of nitrogens with zero attached hydrogens (tertiary/aromatic N) is 4. The summed E-state index contributed by atoms with van der Waals surface area (Å²) in [5.74, 6) is -1.81. The third-order valence-electron chi connectivity index (χ3n) is 9.38. The van der Waals surface area contributed by atoms with Crippen LogP contribution in [0.15, 0.2) is 53.7 Å². The molecule has 1 aliphatic rings. The van der Waals surface area contributed by atoms with Gasteiger partial charge in [0.1, 0.15) is 29.2 Å². The van der Waals surface area contributed by atoms with Gasteiger partial charge in [0.05, 0.1) is 23.0 Å². The predicted octanol–water partition coefficient (Wildman–Crippen LogP) is 7.57. The number of halogens is 1. The van der Waals surface area contributed by atoms with Crippen molar-refractivity contribution < 1.29 is 33.3 Å². The summed E-state index contributed by atoms with van der Waals surface area (Å²) >= 11 is 3.43. The van der Waals surface area contributed by atoms with E-state index in [-0.39, 0.29) is 6.61 Å². The summed E-state index contributed by atoms with van der Waals surface area (Å²) in [5.41, 5.74) is 9.53. The number of hydrogen-bond acceptors (Lipinski definition) is 10. The zero-order chi connectivity index (χ0) is 37.6. The third-order valence-corrected chi connectivity index (χ3v) is 9.96. The lowest BCUT2D eigenvalue weighted by molar-refractivity contribution is -0.0606. The molecule has 0 bridgehead atoms. The van der Waals surface area contributed by atoms with Crippen LogP contribution in [-0.2, 0) is 18.9 Å². The van der Waals surface area contributed by atoms with Gasteiger partial charge in [-0.2, -0.15) is 0 Å². The summed E-state index contributed by atoms with van der Waals surface area (Å²) in [7, 11) is 0. The first-order chi connectivity index (χ1) is 24.6. The largest absolute Gasteiger partial charge is 0.459 e. The first-order valence-corrected chi connectivity index (χ1v) is 17.7. The van der Waals surface area contributed by atoms with E-state index in [9.17, 15) is 14.4 Å². The van der Waals surface area contributed by atoms with E-state index in [0.29, 0.717) is 32.5 Å². The minimum atomic E-state index is -1.22. The Morgan fingerprint density at radius 2 is 1.10 bits per heavy atom. The van der Waals surface area contributed by atoms with Crippen LogP contribution in [0.2, 0.25) is 0 Å². The number of ether oxygens (including phenoxy) is 4. The van der Waals surface area contributed by atoms with Crippen molar-refractivity contribution in [2.45, 2.75) is 86.9 Å². The fourth-order valence-corrected chi connectivity index (χ4v) is 7.82. The van der Waals surface area contributed by atoms with Crippen molar-refractivity contribution in [1.82, 2.24) is 19.5 Å². The summed E-state index contributed by atoms with van der Waals surface area (Å²) in [6.45, 7) is 16.6. The average Bonchev–Trinajstić information content (AvgIpc) is 3.60. The fraction of sp³-hybridized carbons (Fsp3) is 0.350. The van der Waals surface area contributed by atoms with Crippen LogP contribution in [0.3, 0.4) is 0 Å². The molecule has 0 aliphatic carbocycles. The zero-order valence-corrected chi connectivity index (χ0v) is 32.2. The van der Waals surface area contributed by atoms with Crippen molar-refractivity contribution in [2.75, 3.05) is 6.61 Å². The predicted molar refractivity (Wildman–Crippen MR) is 198 cm³/mol. The van der Waals surface area contributed by atoms with E-state index < -0.39 is 42.4 Å². The first kappa shape index (κ1) is 36.8. The van der Waals surface area contributed by atoms with Gasteiger partial charge < -0.3 is 18.9 Å². The van der Waals surface area contributed by atoms with Crippen LogP contribution < -0.4 is 0 Å². The van der Waals surface area contributed by atoms with Crippen LogP contribution in [0.1, 0.15) is 87.4 Å². The number of fused-ring (bicyclic) bond motifs is 1. The lowest BCUT2D eigenvalue weighted by Gasteiger charge is -2.26. The normalized spacial score (nSPS) is 18.4. The molecule has 1 saturated heterocycles. The van der Waals surface area contributed by atoms with E-state index >= 15 is 0 Å². The van der Waals surface area contributed by atoms with Crippen molar-refractivity contribution >= 4 is 45.0 Å². The molecule has 3 aromatic carbocycles. The van der Waals surface area contributed by atoms with Gasteiger partial charge in [-0.3, -0.25) is 4.57 Å². The van der Waals surface area contributed by atoms with E-state index in [1.807, 2.05) is 98.7 Å². The van der Waals surface area contributed by atoms with Crippen molar-refractivity contribution in [1.29, 1.82) is 0 Å². The molecule has 4 atom stereocenters. The Labute approximate surface area is 310 Å². The molecular weight excluding hydrogens is 728 g/mol. The Kier molecular flexibility index (Phi) is 10.3. The molecular formula is C40H41BrN4O7. The van der Waals surface area contributed by atoms with Crippen LogP contribution in [-0.4, -0.2) is 62.3 Å². The summed E-state index contributed by atoms with van der Waals surface area (Å²) < 4.78 is 27.2. The highest BCUT2D eigenvalue weighted by Crippen LogP contribution is 2.38. The highest BCUT2D eigenvalue weighted by Gasteiger charge is 2.52. The maximum atomic E-state index is 14.1. The Bertz CT molecular complexity index is 2180. The molecule has 0 radical (unpaired) electrons. The summed E-state index contributed by atoms with van der Waals surface area (Å²) in [5, 5.41) is 0. The monoisotopic (exact) mass is 768 g/mol. The smallest absolute Gasteiger partial charge is 0.339 e. The van der Waals surface area contributed by atoms with E-state index in [0.717, 1.165) is 50.1 Å². The van der Waals surface area contributed by atoms with E-state index in [1.165, 1.54) is 12.7 Å². The number of carbonyl (C=O) groups is 3. The Balaban J connectivity index is 1.44. The number of rotatable bonds is 8. The van der Waals surface area contributed by atoms with Crippen molar-refractivity contribution in [3.63, 3.8) is 0 Å². The van der Waals surface area contributed by atoms with Gasteiger partial charge in [-0.15, -0.1) is 0 Å². The first-order valence-electron chi connectivity index (χ1n) is 17.0. The molecule has 5 aromatic rings. The maximum Gasteiger partial charge on any atom is 0.339 e. The van der Waals surface area contributed by atoms with Gasteiger partial charge in [-0.05, 0) is 112 Å². The van der Waals surface area contributed by atoms with Gasteiger partial charge in [0.15, 0.2) is 24.1 Å². The molecule has 3 heterocycles. The molecule has 4 unspecified atom stereocenters. The SMILES string of the molecule is Cc1cc(C)c(C(=O)OCC2OC(n3cnc4c(Br)ncnc43)C(OC(=O)c3c(C)cc(C)cc3C)C2OC(=O)c2c(C)cc(C)cc2C)c(C)c1. The number of aryl methyl sites for hydroxylation is 9. The highest BCUT2D eigenvalue weighted by molar-refractivity contribution is 9.10. The molecule has 11 nitrogen and oxygen atoms in total. The molecule has 52 heavy (non-hydrogen) atoms. The van der Waals surface area contributed by atoms with Crippen molar-refractivity contribution in [3.05, 3.63) is 120 Å². The lowest BCUT2D eigenvalue weighted by atomic mass is 9.99. The minimum absolute atomic E-state index is 0.312. The van der Waals surface area contributed by atoms with E-state index in [2.05, 4.69) is 30.9 Å². The number of benzene rings is 3. The Morgan fingerprint density at radius 1 is 0.654 bits per heavy atom. The molecule has 1 fully saturated rings. The van der Waals surface area contributed by atoms with E-state index in [4.69, 9.17) is 18.9 Å². The van der Waals surface area contributed by atoms with Crippen molar-refractivity contribution in [2.24, 2.45) is 0 Å². The topological polar surface area (TPSA) is 132 Å². The summed E-state index contributed by atoms with van der Waals surface area (Å²) in [6, 6.07) is 11.4. The Morgan fingerprint density at radius 3 is 1.58 bits per heavy atom. The van der Waals surface area contributed by atoms with Crippen LogP contribution in [0.5, 0.6) is 0 Å². The second-order valence-electron chi connectivity index (χ2n) is 13.7. The van der Waals surface area contributed by atoms with Crippen molar-refractivity contribution in [3.8, 4) is 0 Å². The molecule has 270 valence electrons. The minimum Gasteiger partial charge on any atom is -0.459 e. The zero-order valence-electron chi connectivity index (χ0n) is 30.7. The second-order valence-corrected chi connectivity index (χ2v) is 14.5. The van der Waals surface area contributed by atoms with Crippen LogP contribution in [0, 0.1) is 62.3 Å². The molecule has 12 heteroatoms. The summed E-state index contributed by atoms with van der Waals surface area (Å²) in [6.07, 6.45) is -1.73. The maximum absolute atomic E-state index is 14.1. The van der Waals surface area contributed by atoms with Crippen LogP contribution in [0.4, 0.5) is 0 Å². The number of esters is 3. The summed E-state index contributed by atoms with van der Waals surface area (Å²) in [4.78, 5) is 54.9. The Hall–Kier alpha value is -4.94. The quantitative estimate of drug-likeness (QED) is 0.0885. The highest BCUT2D eigenvalue weighted by atomic mass is 79.9. The molecule has 1 aliphatic heterocycles. The van der Waals surface area contributed by atoms with Gasteiger partial charge in [-0.25, -0.2) is 29.3 Å². The average molecular weight is 770 g/mol. The van der Waals surface area contributed by atoms with Crippen LogP contribution >= 0.6 is 15.9 Å². The van der Waals surface area contributed by atoms with E-state index in [1.54, 1.807) is 4.57 Å². The molecule has 0 amide bonds. The molecule has 2 aromatic heterocycles. The van der Waals surface area contributed by atoms with Gasteiger partial charge >= 0.3 is 17.9 Å². The molecule has 0 spiro atoms. The molecule has 6 rings (SSSR count). The third kappa shape index (κ3) is 7.09. The number of imidazole rings is 1. The molecule has 0 saturated carbocycles. The fourth-order valence-electron chi connectivity index (χ4n) is 7.44. The van der Waals surface area contributed by atoms with Gasteiger partial charge in [0.25, 0.3) is 0 Å². The number of hydrogen-bond donors (Lipinski definition) is 0. The van der Waals surface area contributed by atoms with Gasteiger partial charge in [0, 0.05) is 0 Å². The number of aromatic nitrogens is 4. The number of carbonyl (C=O) groups excluding carboxylic acids is 3. The standard InChI is InChI=1S/C40H41BrN4O7/c1-19-10-22(4)29(23(5)11-19)38(46)49-16-28-33(51-39(47)30-24(6)12-20(2)13-25(30)7)34(52-40(48)31-26(8)14-21(3)15-27(31)9)37(50-28)45-18-44-32-35(41)42-17-43-36(32)45/h10-15,17-18,28,33-34,37H,16H2,1-9H3. The van der Waals surface area contributed by atoms with Gasteiger partial charge in [0.2, 0.25) is 0 Å². The lowest BCUT2D eigenvalue weighted by Crippen LogP contribution is -2.41. The second kappa shape index (κ2) is 14.6.